The number of carboxylic acid groups (broad SMARTS) is 1. The first-order valence-corrected chi connectivity index (χ1v) is 8.82. The quantitative estimate of drug-likeness (QED) is 0.449. The number of aromatic nitrogens is 2. The Morgan fingerprint density at radius 1 is 1.13 bits per heavy atom. The molecule has 30 heavy (non-hydrogen) atoms. The van der Waals surface area contributed by atoms with Crippen molar-refractivity contribution in [3.63, 3.8) is 0 Å². The number of carbonyl (C=O) groups is 2. The Hall–Kier alpha value is -4.21. The van der Waals surface area contributed by atoms with E-state index in [1.165, 1.54) is 30.5 Å². The van der Waals surface area contributed by atoms with Crippen LogP contribution in [0.15, 0.2) is 48.7 Å². The second-order valence-electron chi connectivity index (χ2n) is 6.64. The van der Waals surface area contributed by atoms with Gasteiger partial charge >= 0.3 is 5.97 Å². The molecule has 1 heterocycles. The van der Waals surface area contributed by atoms with Crippen molar-refractivity contribution in [1.82, 2.24) is 9.78 Å². The van der Waals surface area contributed by atoms with Gasteiger partial charge in [0, 0.05) is 18.3 Å². The SMILES string of the molecule is Cc1cc(C)cc(Oc2cc(NC(=O)c3ccn(CC(=O)O)n3)cc([N+](=O)[O-])c2)c1. The summed E-state index contributed by atoms with van der Waals surface area (Å²) in [6.07, 6.45) is 1.35. The molecule has 0 spiro atoms. The maximum absolute atomic E-state index is 12.4. The van der Waals surface area contributed by atoms with E-state index in [1.807, 2.05) is 19.9 Å². The van der Waals surface area contributed by atoms with E-state index in [2.05, 4.69) is 10.4 Å². The standard InChI is InChI=1S/C20H18N4O6/c1-12-5-13(2)7-16(6-12)30-17-9-14(8-15(10-17)24(28)29)21-20(27)18-3-4-23(22-18)11-19(25)26/h3-10H,11H2,1-2H3,(H,21,27)(H,25,26). The minimum Gasteiger partial charge on any atom is -0.480 e. The molecule has 0 saturated heterocycles. The molecule has 0 bridgehead atoms. The van der Waals surface area contributed by atoms with Crippen LogP contribution in [-0.2, 0) is 11.3 Å². The third kappa shape index (κ3) is 5.19. The molecule has 10 heteroatoms. The van der Waals surface area contributed by atoms with Gasteiger partial charge < -0.3 is 15.2 Å². The fraction of sp³-hybridized carbons (Fsp3) is 0.150. The molecule has 0 unspecified atom stereocenters. The van der Waals surface area contributed by atoms with Crippen molar-refractivity contribution in [2.75, 3.05) is 5.32 Å². The molecule has 0 aliphatic carbocycles. The van der Waals surface area contributed by atoms with Gasteiger partial charge in [-0.15, -0.1) is 0 Å². The number of aryl methyl sites for hydroxylation is 2. The Labute approximate surface area is 170 Å². The number of hydrogen-bond acceptors (Lipinski definition) is 6. The summed E-state index contributed by atoms with van der Waals surface area (Å²) in [5.74, 6) is -1.05. The van der Waals surface area contributed by atoms with Crippen molar-refractivity contribution >= 4 is 23.3 Å². The molecule has 3 rings (SSSR count). The van der Waals surface area contributed by atoms with Gasteiger partial charge in [-0.05, 0) is 43.2 Å². The smallest absolute Gasteiger partial charge is 0.325 e. The van der Waals surface area contributed by atoms with Crippen LogP contribution in [0.25, 0.3) is 0 Å². The molecule has 154 valence electrons. The number of anilines is 1. The van der Waals surface area contributed by atoms with E-state index in [0.717, 1.165) is 15.8 Å². The Morgan fingerprint density at radius 2 is 1.80 bits per heavy atom. The van der Waals surface area contributed by atoms with Gasteiger partial charge in [-0.2, -0.15) is 5.10 Å². The monoisotopic (exact) mass is 410 g/mol. The number of aliphatic carboxylic acids is 1. The largest absolute Gasteiger partial charge is 0.480 e. The van der Waals surface area contributed by atoms with Gasteiger partial charge in [-0.25, -0.2) is 0 Å². The second kappa shape index (κ2) is 8.43. The number of ether oxygens (including phenoxy) is 1. The second-order valence-corrected chi connectivity index (χ2v) is 6.64. The van der Waals surface area contributed by atoms with E-state index in [4.69, 9.17) is 9.84 Å². The molecule has 0 atom stereocenters. The van der Waals surface area contributed by atoms with E-state index >= 15 is 0 Å². The number of hydrogen-bond donors (Lipinski definition) is 2. The number of nitrogens with zero attached hydrogens (tertiary/aromatic N) is 3. The van der Waals surface area contributed by atoms with Crippen LogP contribution in [0, 0.1) is 24.0 Å². The summed E-state index contributed by atoms with van der Waals surface area (Å²) >= 11 is 0. The first kappa shape index (κ1) is 20.5. The van der Waals surface area contributed by atoms with Crippen molar-refractivity contribution in [2.24, 2.45) is 0 Å². The average molecular weight is 410 g/mol. The van der Waals surface area contributed by atoms with Crippen molar-refractivity contribution in [3.8, 4) is 11.5 Å². The molecular formula is C20H18N4O6. The van der Waals surface area contributed by atoms with Crippen LogP contribution in [0.2, 0.25) is 0 Å². The number of benzene rings is 2. The van der Waals surface area contributed by atoms with E-state index in [1.54, 1.807) is 12.1 Å². The molecule has 0 radical (unpaired) electrons. The van der Waals surface area contributed by atoms with Gasteiger partial charge in [0.25, 0.3) is 11.6 Å². The van der Waals surface area contributed by atoms with Crippen molar-refractivity contribution in [2.45, 2.75) is 20.4 Å². The minimum absolute atomic E-state index is 0.0282. The van der Waals surface area contributed by atoms with Crippen LogP contribution in [0.4, 0.5) is 11.4 Å². The fourth-order valence-electron chi connectivity index (χ4n) is 2.85. The summed E-state index contributed by atoms with van der Waals surface area (Å²) in [5.41, 5.74) is 1.80. The van der Waals surface area contributed by atoms with E-state index < -0.39 is 23.3 Å². The molecule has 10 nitrogen and oxygen atoms in total. The highest BCUT2D eigenvalue weighted by Crippen LogP contribution is 2.30. The fourth-order valence-corrected chi connectivity index (χ4v) is 2.85. The number of nitrogens with one attached hydrogen (secondary N) is 1. The summed E-state index contributed by atoms with van der Waals surface area (Å²) in [4.78, 5) is 33.8. The predicted octanol–water partition coefficient (Wildman–Crippen LogP) is 3.54. The minimum atomic E-state index is -1.10. The van der Waals surface area contributed by atoms with Gasteiger partial charge in [0.2, 0.25) is 0 Å². The predicted molar refractivity (Wildman–Crippen MR) is 107 cm³/mol. The Bertz CT molecular complexity index is 1120. The molecule has 3 aromatic rings. The zero-order chi connectivity index (χ0) is 21.8. The number of non-ortho nitro benzene ring substituents is 1. The van der Waals surface area contributed by atoms with Gasteiger partial charge in [-0.3, -0.25) is 24.4 Å². The molecule has 1 amide bonds. The number of nitro benzene ring substituents is 1. The first-order chi connectivity index (χ1) is 14.2. The summed E-state index contributed by atoms with van der Waals surface area (Å²) in [6.45, 7) is 3.42. The number of carbonyl (C=O) groups excluding carboxylic acids is 1. The summed E-state index contributed by atoms with van der Waals surface area (Å²) < 4.78 is 6.86. The number of amides is 1. The lowest BCUT2D eigenvalue weighted by Crippen LogP contribution is -2.15. The first-order valence-electron chi connectivity index (χ1n) is 8.82. The van der Waals surface area contributed by atoms with Crippen LogP contribution in [0.3, 0.4) is 0 Å². The van der Waals surface area contributed by atoms with Crippen LogP contribution in [-0.4, -0.2) is 31.7 Å². The highest BCUT2D eigenvalue weighted by molar-refractivity contribution is 6.03. The number of nitro groups is 1. The van der Waals surface area contributed by atoms with Gasteiger partial charge in [0.15, 0.2) is 5.69 Å². The number of rotatable bonds is 7. The molecule has 1 aromatic heterocycles. The van der Waals surface area contributed by atoms with Crippen LogP contribution >= 0.6 is 0 Å². The lowest BCUT2D eigenvalue weighted by molar-refractivity contribution is -0.384. The van der Waals surface area contributed by atoms with Crippen LogP contribution < -0.4 is 10.1 Å². The third-order valence-corrected chi connectivity index (χ3v) is 3.96. The normalized spacial score (nSPS) is 10.5. The van der Waals surface area contributed by atoms with Crippen LogP contribution in [0.1, 0.15) is 21.6 Å². The van der Waals surface area contributed by atoms with E-state index in [9.17, 15) is 19.7 Å². The Kier molecular flexibility index (Phi) is 5.77. The molecule has 0 saturated carbocycles. The molecule has 2 aromatic carbocycles. The summed E-state index contributed by atoms with van der Waals surface area (Å²) in [5, 5.41) is 26.5. The van der Waals surface area contributed by atoms with E-state index in [0.29, 0.717) is 5.75 Å². The number of carboxylic acids is 1. The molecule has 2 N–H and O–H groups in total. The zero-order valence-electron chi connectivity index (χ0n) is 16.2. The molecule has 0 aliphatic rings. The zero-order valence-corrected chi connectivity index (χ0v) is 16.2. The highest BCUT2D eigenvalue weighted by Gasteiger charge is 2.16. The lowest BCUT2D eigenvalue weighted by atomic mass is 10.1. The topological polar surface area (TPSA) is 137 Å². The van der Waals surface area contributed by atoms with Crippen molar-refractivity contribution < 1.29 is 24.4 Å². The lowest BCUT2D eigenvalue weighted by Gasteiger charge is -2.10. The average Bonchev–Trinajstić information content (AvgIpc) is 3.08. The van der Waals surface area contributed by atoms with Crippen molar-refractivity contribution in [1.29, 1.82) is 0 Å². The van der Waals surface area contributed by atoms with Crippen LogP contribution in [0.5, 0.6) is 11.5 Å². The molecule has 0 aliphatic heterocycles. The van der Waals surface area contributed by atoms with Crippen molar-refractivity contribution in [3.05, 3.63) is 75.6 Å². The third-order valence-electron chi connectivity index (χ3n) is 3.96. The maximum Gasteiger partial charge on any atom is 0.325 e. The molecular weight excluding hydrogens is 392 g/mol. The Balaban J connectivity index is 1.85. The van der Waals surface area contributed by atoms with Gasteiger partial charge in [-0.1, -0.05) is 6.07 Å². The van der Waals surface area contributed by atoms with Gasteiger partial charge in [0.05, 0.1) is 16.7 Å². The summed E-state index contributed by atoms with van der Waals surface area (Å²) in [7, 11) is 0. The maximum atomic E-state index is 12.4. The van der Waals surface area contributed by atoms with Gasteiger partial charge in [0.1, 0.15) is 18.0 Å². The highest BCUT2D eigenvalue weighted by atomic mass is 16.6. The Morgan fingerprint density at radius 3 is 2.43 bits per heavy atom. The molecule has 0 fully saturated rings. The van der Waals surface area contributed by atoms with E-state index in [-0.39, 0.29) is 22.8 Å². The summed E-state index contributed by atoms with van der Waals surface area (Å²) in [6, 6.07) is 10.8.